The fourth-order valence-electron chi connectivity index (χ4n) is 2.20. The van der Waals surface area contributed by atoms with Crippen LogP contribution in [0.15, 0.2) is 40.9 Å². The van der Waals surface area contributed by atoms with Gasteiger partial charge in [-0.25, -0.2) is 0 Å². The van der Waals surface area contributed by atoms with E-state index in [4.69, 9.17) is 4.52 Å². The standard InChI is InChI=1S/C14H14N2O3/c1-14(18)8-16(9-14)13(17)11-7-12(19-15-11)10-5-3-2-4-6-10/h2-7,18H,8-9H2,1H3. The van der Waals surface area contributed by atoms with Gasteiger partial charge in [0, 0.05) is 11.6 Å². The normalized spacial score (nSPS) is 17.1. The second kappa shape index (κ2) is 4.20. The van der Waals surface area contributed by atoms with E-state index in [1.165, 1.54) is 0 Å². The molecular formula is C14H14N2O3. The van der Waals surface area contributed by atoms with Gasteiger partial charge in [0.1, 0.15) is 0 Å². The minimum absolute atomic E-state index is 0.211. The van der Waals surface area contributed by atoms with E-state index in [0.29, 0.717) is 18.8 Å². The molecule has 1 aliphatic heterocycles. The molecule has 1 aromatic carbocycles. The van der Waals surface area contributed by atoms with Crippen LogP contribution in [0.25, 0.3) is 11.3 Å². The van der Waals surface area contributed by atoms with E-state index in [0.717, 1.165) is 5.56 Å². The first-order valence-electron chi connectivity index (χ1n) is 6.09. The number of β-amino-alcohol motifs (C(OH)–C–C–N with tert-alkyl or cyclic N) is 1. The lowest BCUT2D eigenvalue weighted by Crippen LogP contribution is -2.61. The molecule has 0 unspecified atom stereocenters. The number of carbonyl (C=O) groups excluding carboxylic acids is 1. The van der Waals surface area contributed by atoms with E-state index in [1.54, 1.807) is 17.9 Å². The first-order chi connectivity index (χ1) is 9.05. The summed E-state index contributed by atoms with van der Waals surface area (Å²) in [5, 5.41) is 13.4. The minimum atomic E-state index is -0.776. The van der Waals surface area contributed by atoms with Gasteiger partial charge < -0.3 is 14.5 Å². The zero-order chi connectivity index (χ0) is 13.5. The van der Waals surface area contributed by atoms with E-state index in [-0.39, 0.29) is 11.6 Å². The molecule has 0 atom stereocenters. The van der Waals surface area contributed by atoms with Gasteiger partial charge in [-0.2, -0.15) is 0 Å². The number of aromatic nitrogens is 1. The van der Waals surface area contributed by atoms with Crippen LogP contribution in [0.4, 0.5) is 0 Å². The molecule has 1 N–H and O–H groups in total. The molecule has 1 fully saturated rings. The van der Waals surface area contributed by atoms with Crippen molar-refractivity contribution in [1.29, 1.82) is 0 Å². The number of hydrogen-bond donors (Lipinski definition) is 1. The van der Waals surface area contributed by atoms with Crippen LogP contribution >= 0.6 is 0 Å². The second-order valence-corrected chi connectivity index (χ2v) is 5.10. The van der Waals surface area contributed by atoms with Crippen molar-refractivity contribution in [3.05, 3.63) is 42.1 Å². The molecule has 0 saturated carbocycles. The van der Waals surface area contributed by atoms with Gasteiger partial charge in [0.05, 0.1) is 18.7 Å². The third-order valence-electron chi connectivity index (χ3n) is 3.14. The average Bonchev–Trinajstić information content (AvgIpc) is 2.85. The molecule has 5 heteroatoms. The van der Waals surface area contributed by atoms with Crippen LogP contribution in [-0.4, -0.2) is 39.8 Å². The summed E-state index contributed by atoms with van der Waals surface area (Å²) in [6, 6.07) is 11.1. The number of aliphatic hydroxyl groups is 1. The zero-order valence-corrected chi connectivity index (χ0v) is 10.5. The molecule has 0 radical (unpaired) electrons. The summed E-state index contributed by atoms with van der Waals surface area (Å²) in [4.78, 5) is 13.6. The molecule has 1 aliphatic rings. The highest BCUT2D eigenvalue weighted by atomic mass is 16.5. The molecule has 1 aromatic heterocycles. The third-order valence-corrected chi connectivity index (χ3v) is 3.14. The Bertz CT molecular complexity index is 596. The number of likely N-dealkylation sites (tertiary alicyclic amines) is 1. The Balaban J connectivity index is 1.77. The molecule has 3 rings (SSSR count). The number of carbonyl (C=O) groups is 1. The minimum Gasteiger partial charge on any atom is -0.386 e. The second-order valence-electron chi connectivity index (χ2n) is 5.10. The van der Waals surface area contributed by atoms with Crippen molar-refractivity contribution >= 4 is 5.91 Å². The van der Waals surface area contributed by atoms with Crippen LogP contribution in [0, 0.1) is 0 Å². The van der Waals surface area contributed by atoms with Gasteiger partial charge in [-0.3, -0.25) is 4.79 Å². The van der Waals surface area contributed by atoms with Gasteiger partial charge in [-0.15, -0.1) is 0 Å². The Hall–Kier alpha value is -2.14. The monoisotopic (exact) mass is 258 g/mol. The predicted molar refractivity (Wildman–Crippen MR) is 68.5 cm³/mol. The lowest BCUT2D eigenvalue weighted by atomic mass is 9.96. The highest BCUT2D eigenvalue weighted by Gasteiger charge is 2.40. The number of rotatable bonds is 2. The van der Waals surface area contributed by atoms with Gasteiger partial charge in [0.15, 0.2) is 11.5 Å². The summed E-state index contributed by atoms with van der Waals surface area (Å²) in [6.07, 6.45) is 0. The highest BCUT2D eigenvalue weighted by molar-refractivity contribution is 5.93. The molecular weight excluding hydrogens is 244 g/mol. The molecule has 2 heterocycles. The fourth-order valence-corrected chi connectivity index (χ4v) is 2.20. The summed E-state index contributed by atoms with van der Waals surface area (Å²) >= 11 is 0. The van der Waals surface area contributed by atoms with Gasteiger partial charge >= 0.3 is 0 Å². The van der Waals surface area contributed by atoms with E-state index >= 15 is 0 Å². The van der Waals surface area contributed by atoms with E-state index in [9.17, 15) is 9.90 Å². The van der Waals surface area contributed by atoms with Crippen molar-refractivity contribution in [3.63, 3.8) is 0 Å². The number of amides is 1. The van der Waals surface area contributed by atoms with Crippen molar-refractivity contribution in [2.45, 2.75) is 12.5 Å². The summed E-state index contributed by atoms with van der Waals surface area (Å²) in [6.45, 7) is 2.37. The Labute approximate surface area is 110 Å². The molecule has 0 bridgehead atoms. The molecule has 1 amide bonds. The van der Waals surface area contributed by atoms with E-state index < -0.39 is 5.60 Å². The SMILES string of the molecule is CC1(O)CN(C(=O)c2cc(-c3ccccc3)on2)C1. The average molecular weight is 258 g/mol. The van der Waals surface area contributed by atoms with Gasteiger partial charge in [0.25, 0.3) is 5.91 Å². The van der Waals surface area contributed by atoms with Crippen molar-refractivity contribution in [2.75, 3.05) is 13.1 Å². The van der Waals surface area contributed by atoms with Crippen LogP contribution < -0.4 is 0 Å². The lowest BCUT2D eigenvalue weighted by molar-refractivity contribution is -0.0671. The zero-order valence-electron chi connectivity index (χ0n) is 10.5. The first-order valence-corrected chi connectivity index (χ1v) is 6.09. The third kappa shape index (κ3) is 2.24. The summed E-state index contributed by atoms with van der Waals surface area (Å²) in [5.41, 5.74) is 0.376. The number of nitrogens with zero attached hydrogens (tertiary/aromatic N) is 2. The van der Waals surface area contributed by atoms with E-state index in [2.05, 4.69) is 5.16 Å². The van der Waals surface area contributed by atoms with Crippen molar-refractivity contribution in [2.24, 2.45) is 0 Å². The maximum absolute atomic E-state index is 12.1. The molecule has 0 spiro atoms. The quantitative estimate of drug-likeness (QED) is 0.887. The summed E-state index contributed by atoms with van der Waals surface area (Å²) < 4.78 is 5.18. The Morgan fingerprint density at radius 2 is 2.05 bits per heavy atom. The Morgan fingerprint density at radius 3 is 2.68 bits per heavy atom. The van der Waals surface area contributed by atoms with Crippen molar-refractivity contribution < 1.29 is 14.4 Å². The van der Waals surface area contributed by atoms with Crippen LogP contribution in [-0.2, 0) is 0 Å². The maximum atomic E-state index is 12.1. The van der Waals surface area contributed by atoms with Gasteiger partial charge in [-0.1, -0.05) is 35.5 Å². The van der Waals surface area contributed by atoms with Crippen LogP contribution in [0.3, 0.4) is 0 Å². The van der Waals surface area contributed by atoms with Crippen molar-refractivity contribution in [3.8, 4) is 11.3 Å². The molecule has 1 saturated heterocycles. The molecule has 5 nitrogen and oxygen atoms in total. The smallest absolute Gasteiger partial charge is 0.276 e. The molecule has 0 aliphatic carbocycles. The highest BCUT2D eigenvalue weighted by Crippen LogP contribution is 2.24. The largest absolute Gasteiger partial charge is 0.386 e. The maximum Gasteiger partial charge on any atom is 0.276 e. The topological polar surface area (TPSA) is 66.6 Å². The van der Waals surface area contributed by atoms with Crippen LogP contribution in [0.1, 0.15) is 17.4 Å². The van der Waals surface area contributed by atoms with Gasteiger partial charge in [-0.05, 0) is 6.92 Å². The Morgan fingerprint density at radius 1 is 1.37 bits per heavy atom. The Kier molecular flexibility index (Phi) is 2.64. The summed E-state index contributed by atoms with van der Waals surface area (Å²) in [5.74, 6) is 0.355. The van der Waals surface area contributed by atoms with Crippen LogP contribution in [0.5, 0.6) is 0 Å². The molecule has 19 heavy (non-hydrogen) atoms. The number of benzene rings is 1. The first kappa shape index (κ1) is 11.9. The number of hydrogen-bond acceptors (Lipinski definition) is 4. The van der Waals surface area contributed by atoms with Crippen LogP contribution in [0.2, 0.25) is 0 Å². The van der Waals surface area contributed by atoms with Crippen molar-refractivity contribution in [1.82, 2.24) is 10.1 Å². The fraction of sp³-hybridized carbons (Fsp3) is 0.286. The summed E-state index contributed by atoms with van der Waals surface area (Å²) in [7, 11) is 0. The molecule has 98 valence electrons. The molecule has 2 aromatic rings. The van der Waals surface area contributed by atoms with Gasteiger partial charge in [0.2, 0.25) is 0 Å². The van der Waals surface area contributed by atoms with E-state index in [1.807, 2.05) is 30.3 Å². The predicted octanol–water partition coefficient (Wildman–Crippen LogP) is 1.55. The lowest BCUT2D eigenvalue weighted by Gasteiger charge is -2.43.